The van der Waals surface area contributed by atoms with Gasteiger partial charge < -0.3 is 5.11 Å². The zero-order valence-corrected chi connectivity index (χ0v) is 9.88. The van der Waals surface area contributed by atoms with E-state index in [2.05, 4.69) is 0 Å². The summed E-state index contributed by atoms with van der Waals surface area (Å²) in [7, 11) is 0. The van der Waals surface area contributed by atoms with E-state index in [0.29, 0.717) is 5.56 Å². The third-order valence-corrected chi connectivity index (χ3v) is 2.78. The molecule has 2 rings (SSSR count). The molecule has 18 heavy (non-hydrogen) atoms. The van der Waals surface area contributed by atoms with Gasteiger partial charge in [-0.1, -0.05) is 36.4 Å². The SMILES string of the molecule is Cc1ccc(C(=O)C=CC(=O)O)c2ccccc12. The number of benzene rings is 2. The smallest absolute Gasteiger partial charge is 0.328 e. The highest BCUT2D eigenvalue weighted by Gasteiger charge is 2.08. The van der Waals surface area contributed by atoms with Crippen molar-refractivity contribution >= 4 is 22.5 Å². The summed E-state index contributed by atoms with van der Waals surface area (Å²) in [5, 5.41) is 10.4. The van der Waals surface area contributed by atoms with E-state index >= 15 is 0 Å². The lowest BCUT2D eigenvalue weighted by Crippen LogP contribution is -1.98. The Morgan fingerprint density at radius 2 is 1.67 bits per heavy atom. The maximum absolute atomic E-state index is 11.9. The predicted molar refractivity (Wildman–Crippen MR) is 69.8 cm³/mol. The van der Waals surface area contributed by atoms with Gasteiger partial charge in [0.25, 0.3) is 0 Å². The number of carbonyl (C=O) groups is 2. The first-order chi connectivity index (χ1) is 8.59. The van der Waals surface area contributed by atoms with Crippen molar-refractivity contribution in [1.82, 2.24) is 0 Å². The lowest BCUT2D eigenvalue weighted by atomic mass is 9.98. The molecule has 0 spiro atoms. The van der Waals surface area contributed by atoms with Crippen LogP contribution >= 0.6 is 0 Å². The third kappa shape index (κ3) is 2.30. The largest absolute Gasteiger partial charge is 0.478 e. The zero-order chi connectivity index (χ0) is 13.1. The molecule has 0 unspecified atom stereocenters. The van der Waals surface area contributed by atoms with Crippen molar-refractivity contribution in [3.63, 3.8) is 0 Å². The van der Waals surface area contributed by atoms with Crippen LogP contribution in [0.1, 0.15) is 15.9 Å². The average molecular weight is 240 g/mol. The highest BCUT2D eigenvalue weighted by molar-refractivity contribution is 6.15. The summed E-state index contributed by atoms with van der Waals surface area (Å²) in [6.07, 6.45) is 1.94. The van der Waals surface area contributed by atoms with Gasteiger partial charge in [0.15, 0.2) is 5.78 Å². The van der Waals surface area contributed by atoms with Crippen LogP contribution in [0.3, 0.4) is 0 Å². The molecule has 2 aromatic carbocycles. The van der Waals surface area contributed by atoms with Crippen LogP contribution in [0.25, 0.3) is 10.8 Å². The molecular weight excluding hydrogens is 228 g/mol. The van der Waals surface area contributed by atoms with Gasteiger partial charge in [-0.25, -0.2) is 4.79 Å². The topological polar surface area (TPSA) is 54.4 Å². The summed E-state index contributed by atoms with van der Waals surface area (Å²) < 4.78 is 0. The fraction of sp³-hybridized carbons (Fsp3) is 0.0667. The van der Waals surface area contributed by atoms with Gasteiger partial charge in [-0.2, -0.15) is 0 Å². The second kappa shape index (κ2) is 4.84. The number of ketones is 1. The highest BCUT2D eigenvalue weighted by Crippen LogP contribution is 2.22. The van der Waals surface area contributed by atoms with Crippen molar-refractivity contribution in [3.05, 3.63) is 59.7 Å². The summed E-state index contributed by atoms with van der Waals surface area (Å²) in [6, 6.07) is 11.2. The minimum atomic E-state index is -1.13. The minimum Gasteiger partial charge on any atom is -0.478 e. The molecule has 0 bridgehead atoms. The van der Waals surface area contributed by atoms with Crippen LogP contribution in [0.15, 0.2) is 48.6 Å². The minimum absolute atomic E-state index is 0.298. The molecule has 0 fully saturated rings. The number of carbonyl (C=O) groups excluding carboxylic acids is 1. The second-order valence-electron chi connectivity index (χ2n) is 4.01. The Hall–Kier alpha value is -2.42. The fourth-order valence-electron chi connectivity index (χ4n) is 1.90. The monoisotopic (exact) mass is 240 g/mol. The van der Waals surface area contributed by atoms with Crippen molar-refractivity contribution in [2.45, 2.75) is 6.92 Å². The Morgan fingerprint density at radius 3 is 2.33 bits per heavy atom. The van der Waals surface area contributed by atoms with E-state index in [1.165, 1.54) is 0 Å². The van der Waals surface area contributed by atoms with Crippen LogP contribution in [0.4, 0.5) is 0 Å². The van der Waals surface area contributed by atoms with Gasteiger partial charge in [-0.05, 0) is 29.3 Å². The molecule has 0 aliphatic heterocycles. The molecule has 0 aliphatic carbocycles. The lowest BCUT2D eigenvalue weighted by molar-refractivity contribution is -0.131. The quantitative estimate of drug-likeness (QED) is 0.662. The van der Waals surface area contributed by atoms with Gasteiger partial charge in [-0.15, -0.1) is 0 Å². The molecule has 1 N–H and O–H groups in total. The molecule has 0 aliphatic rings. The van der Waals surface area contributed by atoms with E-state index in [0.717, 1.165) is 28.5 Å². The molecule has 2 aromatic rings. The van der Waals surface area contributed by atoms with Crippen molar-refractivity contribution in [1.29, 1.82) is 0 Å². The van der Waals surface area contributed by atoms with Crippen molar-refractivity contribution in [3.8, 4) is 0 Å². The van der Waals surface area contributed by atoms with Crippen LogP contribution < -0.4 is 0 Å². The van der Waals surface area contributed by atoms with Crippen molar-refractivity contribution in [2.24, 2.45) is 0 Å². The number of fused-ring (bicyclic) bond motifs is 1. The number of hydrogen-bond donors (Lipinski definition) is 1. The van der Waals surface area contributed by atoms with E-state index in [-0.39, 0.29) is 5.78 Å². The van der Waals surface area contributed by atoms with Gasteiger partial charge in [0.2, 0.25) is 0 Å². The van der Waals surface area contributed by atoms with Gasteiger partial charge in [0, 0.05) is 11.6 Å². The Bertz CT molecular complexity index is 654. The van der Waals surface area contributed by atoms with Crippen LogP contribution in [0.2, 0.25) is 0 Å². The van der Waals surface area contributed by atoms with E-state index in [1.807, 2.05) is 37.3 Å². The number of aliphatic carboxylic acids is 1. The number of aryl methyl sites for hydroxylation is 1. The highest BCUT2D eigenvalue weighted by atomic mass is 16.4. The van der Waals surface area contributed by atoms with Crippen LogP contribution in [0, 0.1) is 6.92 Å². The molecule has 3 nitrogen and oxygen atoms in total. The summed E-state index contributed by atoms with van der Waals surface area (Å²) in [4.78, 5) is 22.3. The van der Waals surface area contributed by atoms with E-state index in [4.69, 9.17) is 5.11 Å². The first-order valence-corrected chi connectivity index (χ1v) is 5.53. The maximum atomic E-state index is 11.9. The van der Waals surface area contributed by atoms with Crippen molar-refractivity contribution < 1.29 is 14.7 Å². The standard InChI is InChI=1S/C15H12O3/c1-10-6-7-13(14(16)8-9-15(17)18)12-5-3-2-4-11(10)12/h2-9H,1H3,(H,17,18). The molecule has 0 saturated heterocycles. The second-order valence-corrected chi connectivity index (χ2v) is 4.01. The van der Waals surface area contributed by atoms with Gasteiger partial charge >= 0.3 is 5.97 Å². The Balaban J connectivity index is 2.55. The van der Waals surface area contributed by atoms with Crippen LogP contribution in [-0.4, -0.2) is 16.9 Å². The first-order valence-electron chi connectivity index (χ1n) is 5.53. The number of carboxylic acids is 1. The molecular formula is C15H12O3. The average Bonchev–Trinajstić information content (AvgIpc) is 2.37. The molecule has 0 aromatic heterocycles. The van der Waals surface area contributed by atoms with E-state index < -0.39 is 5.97 Å². The summed E-state index contributed by atoms with van der Waals surface area (Å²) in [6.45, 7) is 1.98. The molecule has 0 heterocycles. The zero-order valence-electron chi connectivity index (χ0n) is 9.88. The Kier molecular flexibility index (Phi) is 3.24. The van der Waals surface area contributed by atoms with Crippen LogP contribution in [-0.2, 0) is 4.79 Å². The molecule has 0 amide bonds. The summed E-state index contributed by atoms with van der Waals surface area (Å²) in [5.74, 6) is -1.42. The normalized spacial score (nSPS) is 10.9. The summed E-state index contributed by atoms with van der Waals surface area (Å²) in [5.41, 5.74) is 1.61. The first kappa shape index (κ1) is 12.0. The lowest BCUT2D eigenvalue weighted by Gasteiger charge is -2.06. The number of allylic oxidation sites excluding steroid dienone is 1. The molecule has 0 radical (unpaired) electrons. The number of carboxylic acid groups (broad SMARTS) is 1. The number of rotatable bonds is 3. The summed E-state index contributed by atoms with van der Waals surface area (Å²) >= 11 is 0. The maximum Gasteiger partial charge on any atom is 0.328 e. The molecule has 0 atom stereocenters. The van der Waals surface area contributed by atoms with Crippen molar-refractivity contribution in [2.75, 3.05) is 0 Å². The van der Waals surface area contributed by atoms with Gasteiger partial charge in [0.05, 0.1) is 0 Å². The number of hydrogen-bond acceptors (Lipinski definition) is 2. The van der Waals surface area contributed by atoms with Crippen LogP contribution in [0.5, 0.6) is 0 Å². The third-order valence-electron chi connectivity index (χ3n) is 2.78. The van der Waals surface area contributed by atoms with E-state index in [9.17, 15) is 9.59 Å². The molecule has 3 heteroatoms. The van der Waals surface area contributed by atoms with Gasteiger partial charge in [0.1, 0.15) is 0 Å². The fourth-order valence-corrected chi connectivity index (χ4v) is 1.90. The Labute approximate surface area is 104 Å². The molecule has 90 valence electrons. The predicted octanol–water partition coefficient (Wildman–Crippen LogP) is 2.97. The van der Waals surface area contributed by atoms with E-state index in [1.54, 1.807) is 6.07 Å². The van der Waals surface area contributed by atoms with Gasteiger partial charge in [-0.3, -0.25) is 4.79 Å². The molecule has 0 saturated carbocycles. The Morgan fingerprint density at radius 1 is 1.00 bits per heavy atom.